The van der Waals surface area contributed by atoms with Crippen LogP contribution in [0.15, 0.2) is 48.5 Å². The maximum Gasteiger partial charge on any atom is 0.244 e. The minimum atomic E-state index is -0.582. The molecular formula is C17H14FN3O2. The van der Waals surface area contributed by atoms with Gasteiger partial charge < -0.3 is 10.2 Å². The van der Waals surface area contributed by atoms with Crippen molar-refractivity contribution in [1.29, 1.82) is 5.26 Å². The molecule has 0 unspecified atom stereocenters. The van der Waals surface area contributed by atoms with Crippen LogP contribution in [0.5, 0.6) is 0 Å². The molecule has 0 aliphatic carbocycles. The van der Waals surface area contributed by atoms with E-state index in [-0.39, 0.29) is 12.2 Å². The third-order valence-corrected chi connectivity index (χ3v) is 3.10. The third kappa shape index (κ3) is 4.14. The van der Waals surface area contributed by atoms with Crippen LogP contribution in [0.1, 0.15) is 12.5 Å². The first-order valence-corrected chi connectivity index (χ1v) is 6.84. The van der Waals surface area contributed by atoms with Crippen LogP contribution in [0, 0.1) is 17.1 Å². The van der Waals surface area contributed by atoms with Crippen molar-refractivity contribution in [2.45, 2.75) is 6.92 Å². The molecule has 0 radical (unpaired) electrons. The molecular weight excluding hydrogens is 297 g/mol. The van der Waals surface area contributed by atoms with Crippen LogP contribution in [0.25, 0.3) is 0 Å². The Morgan fingerprint density at radius 1 is 1.22 bits per heavy atom. The van der Waals surface area contributed by atoms with E-state index in [1.807, 2.05) is 6.07 Å². The zero-order chi connectivity index (χ0) is 16.8. The highest BCUT2D eigenvalue weighted by Gasteiger charge is 2.18. The maximum absolute atomic E-state index is 13.8. The number of nitrogens with one attached hydrogen (secondary N) is 1. The molecule has 0 heterocycles. The lowest BCUT2D eigenvalue weighted by Crippen LogP contribution is -2.37. The fraction of sp³-hybridized carbons (Fsp3) is 0.118. The second kappa shape index (κ2) is 7.18. The minimum absolute atomic E-state index is 0.0425. The van der Waals surface area contributed by atoms with Crippen LogP contribution in [0.3, 0.4) is 0 Å². The number of anilines is 2. The number of hydrogen-bond donors (Lipinski definition) is 1. The zero-order valence-electron chi connectivity index (χ0n) is 12.4. The summed E-state index contributed by atoms with van der Waals surface area (Å²) in [5.74, 6) is -1.52. The number of hydrogen-bond acceptors (Lipinski definition) is 3. The van der Waals surface area contributed by atoms with Gasteiger partial charge in [0.15, 0.2) is 0 Å². The van der Waals surface area contributed by atoms with E-state index >= 15 is 0 Å². The van der Waals surface area contributed by atoms with Gasteiger partial charge in [0, 0.05) is 12.6 Å². The number of carbonyl (C=O) groups is 2. The number of halogens is 1. The van der Waals surface area contributed by atoms with Gasteiger partial charge >= 0.3 is 0 Å². The van der Waals surface area contributed by atoms with Crippen LogP contribution in [0.4, 0.5) is 15.8 Å². The van der Waals surface area contributed by atoms with E-state index in [1.54, 1.807) is 24.3 Å². The Hall–Kier alpha value is -3.20. The number of carbonyl (C=O) groups excluding carboxylic acids is 2. The third-order valence-electron chi connectivity index (χ3n) is 3.10. The standard InChI is InChI=1S/C17H14FN3O2/c1-12(22)21(16-8-3-2-7-15(16)18)11-17(23)20-14-6-4-5-13(9-14)10-19/h2-9H,11H2,1H3,(H,20,23). The second-order valence-corrected chi connectivity index (χ2v) is 4.80. The Labute approximate surface area is 133 Å². The molecule has 0 atom stereocenters. The highest BCUT2D eigenvalue weighted by atomic mass is 19.1. The van der Waals surface area contributed by atoms with Gasteiger partial charge in [-0.3, -0.25) is 9.59 Å². The first-order chi connectivity index (χ1) is 11.0. The highest BCUT2D eigenvalue weighted by molar-refractivity contribution is 6.01. The van der Waals surface area contributed by atoms with Gasteiger partial charge in [-0.1, -0.05) is 18.2 Å². The largest absolute Gasteiger partial charge is 0.324 e. The summed E-state index contributed by atoms with van der Waals surface area (Å²) in [4.78, 5) is 24.9. The Bertz CT molecular complexity index is 783. The Kier molecular flexibility index (Phi) is 5.05. The molecule has 6 heteroatoms. The molecule has 0 saturated carbocycles. The summed E-state index contributed by atoms with van der Waals surface area (Å²) in [6.07, 6.45) is 0. The fourth-order valence-corrected chi connectivity index (χ4v) is 2.05. The van der Waals surface area contributed by atoms with Crippen molar-refractivity contribution in [2.24, 2.45) is 0 Å². The van der Waals surface area contributed by atoms with Crippen molar-refractivity contribution in [3.8, 4) is 6.07 Å². The Morgan fingerprint density at radius 3 is 2.61 bits per heavy atom. The summed E-state index contributed by atoms with van der Waals surface area (Å²) in [5.41, 5.74) is 0.882. The molecule has 0 bridgehead atoms. The van der Waals surface area contributed by atoms with Gasteiger partial charge in [-0.15, -0.1) is 0 Å². The summed E-state index contributed by atoms with van der Waals surface area (Å²) in [6, 6.07) is 14.1. The molecule has 116 valence electrons. The van der Waals surface area contributed by atoms with Gasteiger partial charge in [0.25, 0.3) is 0 Å². The number of nitrogens with zero attached hydrogens (tertiary/aromatic N) is 2. The number of benzene rings is 2. The van der Waals surface area contributed by atoms with Gasteiger partial charge in [-0.2, -0.15) is 5.26 Å². The van der Waals surface area contributed by atoms with E-state index in [1.165, 1.54) is 31.2 Å². The average Bonchev–Trinajstić information content (AvgIpc) is 2.53. The predicted molar refractivity (Wildman–Crippen MR) is 84.2 cm³/mol. The highest BCUT2D eigenvalue weighted by Crippen LogP contribution is 2.19. The molecule has 0 fully saturated rings. The van der Waals surface area contributed by atoms with Gasteiger partial charge in [-0.05, 0) is 30.3 Å². The predicted octanol–water partition coefficient (Wildman–Crippen LogP) is 2.69. The van der Waals surface area contributed by atoms with Gasteiger partial charge in [0.05, 0.1) is 17.3 Å². The molecule has 0 saturated heterocycles. The van der Waals surface area contributed by atoms with E-state index < -0.39 is 17.6 Å². The molecule has 0 aliphatic rings. The molecule has 2 aromatic rings. The fourth-order valence-electron chi connectivity index (χ4n) is 2.05. The SMILES string of the molecule is CC(=O)N(CC(=O)Nc1cccc(C#N)c1)c1ccccc1F. The normalized spacial score (nSPS) is 9.78. The summed E-state index contributed by atoms with van der Waals surface area (Å²) in [5, 5.41) is 11.4. The molecule has 0 spiro atoms. The lowest BCUT2D eigenvalue weighted by atomic mass is 10.2. The number of para-hydroxylation sites is 1. The van der Waals surface area contributed by atoms with Crippen molar-refractivity contribution in [3.05, 3.63) is 59.9 Å². The maximum atomic E-state index is 13.8. The van der Waals surface area contributed by atoms with Gasteiger partial charge in [0.1, 0.15) is 12.4 Å². The molecule has 5 nitrogen and oxygen atoms in total. The summed E-state index contributed by atoms with van der Waals surface area (Å²) < 4.78 is 13.8. The van der Waals surface area contributed by atoms with Crippen LogP contribution < -0.4 is 10.2 Å². The first-order valence-electron chi connectivity index (χ1n) is 6.84. The number of amides is 2. The minimum Gasteiger partial charge on any atom is -0.324 e. The van der Waals surface area contributed by atoms with Gasteiger partial charge in [-0.25, -0.2) is 4.39 Å². The van der Waals surface area contributed by atoms with Crippen molar-refractivity contribution >= 4 is 23.2 Å². The zero-order valence-corrected chi connectivity index (χ0v) is 12.4. The van der Waals surface area contributed by atoms with Crippen LogP contribution in [-0.2, 0) is 9.59 Å². The molecule has 2 aromatic carbocycles. The van der Waals surface area contributed by atoms with Crippen LogP contribution in [0.2, 0.25) is 0 Å². The topological polar surface area (TPSA) is 73.2 Å². The summed E-state index contributed by atoms with van der Waals surface area (Å²) in [7, 11) is 0. The molecule has 0 aromatic heterocycles. The molecule has 23 heavy (non-hydrogen) atoms. The number of nitriles is 1. The molecule has 2 rings (SSSR count). The van der Waals surface area contributed by atoms with E-state index in [0.717, 1.165) is 4.90 Å². The van der Waals surface area contributed by atoms with E-state index in [2.05, 4.69) is 5.32 Å². The van der Waals surface area contributed by atoms with Crippen LogP contribution >= 0.6 is 0 Å². The van der Waals surface area contributed by atoms with Crippen LogP contribution in [-0.4, -0.2) is 18.4 Å². The van der Waals surface area contributed by atoms with E-state index in [0.29, 0.717) is 11.3 Å². The summed E-state index contributed by atoms with van der Waals surface area (Å²) in [6.45, 7) is 0.934. The van der Waals surface area contributed by atoms with Crippen molar-refractivity contribution in [3.63, 3.8) is 0 Å². The van der Waals surface area contributed by atoms with E-state index in [4.69, 9.17) is 5.26 Å². The quantitative estimate of drug-likeness (QED) is 0.943. The first kappa shape index (κ1) is 16.2. The van der Waals surface area contributed by atoms with Crippen molar-refractivity contribution < 1.29 is 14.0 Å². The lowest BCUT2D eigenvalue weighted by Gasteiger charge is -2.21. The number of rotatable bonds is 4. The monoisotopic (exact) mass is 311 g/mol. The molecule has 1 N–H and O–H groups in total. The smallest absolute Gasteiger partial charge is 0.244 e. The van der Waals surface area contributed by atoms with Crippen molar-refractivity contribution in [1.82, 2.24) is 0 Å². The lowest BCUT2D eigenvalue weighted by molar-refractivity contribution is -0.120. The molecule has 2 amide bonds. The second-order valence-electron chi connectivity index (χ2n) is 4.80. The van der Waals surface area contributed by atoms with Gasteiger partial charge in [0.2, 0.25) is 11.8 Å². The Balaban J connectivity index is 2.14. The van der Waals surface area contributed by atoms with E-state index in [9.17, 15) is 14.0 Å². The Morgan fingerprint density at radius 2 is 1.96 bits per heavy atom. The summed E-state index contributed by atoms with van der Waals surface area (Å²) >= 11 is 0. The van der Waals surface area contributed by atoms with Crippen molar-refractivity contribution in [2.75, 3.05) is 16.8 Å². The molecule has 0 aliphatic heterocycles. The average molecular weight is 311 g/mol.